The second-order valence-corrected chi connectivity index (χ2v) is 2.35. The van der Waals surface area contributed by atoms with Crippen molar-refractivity contribution in [2.45, 2.75) is 6.42 Å². The number of halogens is 1. The van der Waals surface area contributed by atoms with E-state index >= 15 is 0 Å². The van der Waals surface area contributed by atoms with Crippen molar-refractivity contribution < 1.29 is 18.2 Å². The van der Waals surface area contributed by atoms with E-state index < -0.39 is 7.91 Å². The van der Waals surface area contributed by atoms with Gasteiger partial charge in [0.2, 0.25) is 0 Å². The molecule has 0 radical (unpaired) electrons. The van der Waals surface area contributed by atoms with Crippen LogP contribution in [0.2, 0.25) is 0 Å². The lowest BCUT2D eigenvalue weighted by Crippen LogP contribution is -1.86. The van der Waals surface area contributed by atoms with Gasteiger partial charge in [0, 0.05) is 0 Å². The molecule has 4 nitrogen and oxygen atoms in total. The van der Waals surface area contributed by atoms with Crippen LogP contribution in [0.5, 0.6) is 0 Å². The van der Waals surface area contributed by atoms with E-state index in [1.165, 1.54) is 0 Å². The van der Waals surface area contributed by atoms with Gasteiger partial charge in [-0.1, -0.05) is 0 Å². The van der Waals surface area contributed by atoms with Crippen LogP contribution in [0.25, 0.3) is 0 Å². The second-order valence-electron chi connectivity index (χ2n) is 1.19. The van der Waals surface area contributed by atoms with Gasteiger partial charge in [-0.3, -0.25) is 9.42 Å². The monoisotopic (exact) mass is 153 g/mol. The molecule has 52 valence electrons. The molecule has 0 amide bonds. The van der Waals surface area contributed by atoms with Crippen molar-refractivity contribution in [3.8, 4) is 6.07 Å². The Morgan fingerprint density at radius 2 is 2.44 bits per heavy atom. The summed E-state index contributed by atoms with van der Waals surface area (Å²) in [6.45, 7) is -0.346. The van der Waals surface area contributed by atoms with Gasteiger partial charge in [0.15, 0.2) is 0 Å². The Hall–Kier alpha value is -0.430. The molecule has 0 aliphatic carbocycles. The van der Waals surface area contributed by atoms with Gasteiger partial charge in [-0.2, -0.15) is 5.26 Å². The molecule has 0 spiro atoms. The summed E-state index contributed by atoms with van der Waals surface area (Å²) in [5, 5.41) is 7.84. The normalized spacial score (nSPS) is 16.1. The molecule has 0 fully saturated rings. The minimum Gasteiger partial charge on any atom is -0.299 e. The molecule has 0 saturated heterocycles. The molecule has 0 saturated carbocycles. The number of nitrogens with zero attached hydrogens (tertiary/aromatic N) is 1. The Kier molecular flexibility index (Phi) is 3.40. The molecule has 0 heterocycles. The summed E-state index contributed by atoms with van der Waals surface area (Å²) in [7, 11) is -4.85. The summed E-state index contributed by atoms with van der Waals surface area (Å²) in [5.41, 5.74) is 0. The molecule has 1 unspecified atom stereocenters. The molecular formula is C3H5FNO3P. The highest BCUT2D eigenvalue weighted by Gasteiger charge is 2.15. The summed E-state index contributed by atoms with van der Waals surface area (Å²) < 4.78 is 24.8. The summed E-state index contributed by atoms with van der Waals surface area (Å²) in [6, 6.07) is 1.62. The lowest BCUT2D eigenvalue weighted by molar-refractivity contribution is 0.231. The van der Waals surface area contributed by atoms with Crippen molar-refractivity contribution in [1.82, 2.24) is 0 Å². The molecule has 0 aromatic rings. The Labute approximate surface area is 51.5 Å². The van der Waals surface area contributed by atoms with E-state index in [2.05, 4.69) is 4.52 Å². The summed E-state index contributed by atoms with van der Waals surface area (Å²) >= 11 is 0. The number of rotatable bonds is 3. The predicted octanol–water partition coefficient (Wildman–Crippen LogP) is 0.987. The highest BCUT2D eigenvalue weighted by Crippen LogP contribution is 2.43. The summed E-state index contributed by atoms with van der Waals surface area (Å²) in [4.78, 5) is 7.80. The van der Waals surface area contributed by atoms with E-state index in [1.54, 1.807) is 6.07 Å². The van der Waals surface area contributed by atoms with E-state index in [0.29, 0.717) is 0 Å². The topological polar surface area (TPSA) is 70.3 Å². The first-order valence-corrected chi connectivity index (χ1v) is 3.57. The maximum Gasteiger partial charge on any atom is 0.510 e. The third-order valence-corrected chi connectivity index (χ3v) is 0.965. The maximum absolute atomic E-state index is 11.5. The molecule has 9 heavy (non-hydrogen) atoms. The highest BCUT2D eigenvalue weighted by atomic mass is 31.2. The van der Waals surface area contributed by atoms with Gasteiger partial charge in [0.05, 0.1) is 19.1 Å². The van der Waals surface area contributed by atoms with E-state index in [1.807, 2.05) is 0 Å². The first-order valence-electron chi connectivity index (χ1n) is 2.10. The molecule has 6 heteroatoms. The molecule has 0 aliphatic heterocycles. The van der Waals surface area contributed by atoms with Crippen LogP contribution in [-0.2, 0) is 9.09 Å². The van der Waals surface area contributed by atoms with Crippen molar-refractivity contribution in [2.75, 3.05) is 6.61 Å². The van der Waals surface area contributed by atoms with Crippen molar-refractivity contribution in [3.05, 3.63) is 0 Å². The van der Waals surface area contributed by atoms with Gasteiger partial charge in [-0.25, -0.2) is 4.57 Å². The lowest BCUT2D eigenvalue weighted by Gasteiger charge is -1.97. The third-order valence-electron chi connectivity index (χ3n) is 0.464. The van der Waals surface area contributed by atoms with Gasteiger partial charge >= 0.3 is 7.91 Å². The van der Waals surface area contributed by atoms with Gasteiger partial charge in [-0.05, 0) is 0 Å². The SMILES string of the molecule is N#CCCOP(=O)(O)F. The quantitative estimate of drug-likeness (QED) is 0.484. The third kappa shape index (κ3) is 7.57. The van der Waals surface area contributed by atoms with Gasteiger partial charge in [0.25, 0.3) is 0 Å². The Balaban J connectivity index is 3.32. The Morgan fingerprint density at radius 1 is 1.89 bits per heavy atom. The average molecular weight is 153 g/mol. The minimum absolute atomic E-state index is 0.0888. The zero-order valence-corrected chi connectivity index (χ0v) is 5.34. The van der Waals surface area contributed by atoms with Crippen molar-refractivity contribution >= 4 is 7.91 Å². The van der Waals surface area contributed by atoms with Crippen LogP contribution in [-0.4, -0.2) is 11.5 Å². The Bertz CT molecular complexity index is 159. The van der Waals surface area contributed by atoms with Crippen LogP contribution >= 0.6 is 7.91 Å². The molecule has 0 bridgehead atoms. The van der Waals surface area contributed by atoms with Crippen LogP contribution in [0.1, 0.15) is 6.42 Å². The highest BCUT2D eigenvalue weighted by molar-refractivity contribution is 7.46. The predicted molar refractivity (Wildman–Crippen MR) is 27.1 cm³/mol. The number of nitriles is 1. The van der Waals surface area contributed by atoms with Crippen molar-refractivity contribution in [3.63, 3.8) is 0 Å². The van der Waals surface area contributed by atoms with Crippen LogP contribution in [0.15, 0.2) is 0 Å². The van der Waals surface area contributed by atoms with Crippen LogP contribution in [0.4, 0.5) is 4.20 Å². The first-order chi connectivity index (χ1) is 4.06. The minimum atomic E-state index is -4.85. The molecule has 1 atom stereocenters. The zero-order valence-electron chi connectivity index (χ0n) is 4.45. The van der Waals surface area contributed by atoms with Gasteiger partial charge < -0.3 is 0 Å². The van der Waals surface area contributed by atoms with Crippen LogP contribution < -0.4 is 0 Å². The number of hydrogen-bond acceptors (Lipinski definition) is 3. The van der Waals surface area contributed by atoms with E-state index in [9.17, 15) is 8.76 Å². The fraction of sp³-hybridized carbons (Fsp3) is 0.667. The largest absolute Gasteiger partial charge is 0.510 e. The molecule has 0 aromatic heterocycles. The van der Waals surface area contributed by atoms with Gasteiger partial charge in [0.1, 0.15) is 0 Å². The summed E-state index contributed by atoms with van der Waals surface area (Å²) in [6.07, 6.45) is -0.0888. The summed E-state index contributed by atoms with van der Waals surface area (Å²) in [5.74, 6) is 0. The molecule has 0 aliphatic rings. The average Bonchev–Trinajstić information content (AvgIpc) is 1.63. The maximum atomic E-state index is 11.5. The zero-order chi connectivity index (χ0) is 7.33. The molecule has 0 rings (SSSR count). The van der Waals surface area contributed by atoms with Gasteiger partial charge in [-0.15, -0.1) is 4.20 Å². The molecule has 1 N–H and O–H groups in total. The lowest BCUT2D eigenvalue weighted by atomic mass is 10.5. The van der Waals surface area contributed by atoms with Crippen LogP contribution in [0, 0.1) is 11.3 Å². The van der Waals surface area contributed by atoms with E-state index in [-0.39, 0.29) is 13.0 Å². The van der Waals surface area contributed by atoms with Crippen molar-refractivity contribution in [2.24, 2.45) is 0 Å². The van der Waals surface area contributed by atoms with Crippen LogP contribution in [0.3, 0.4) is 0 Å². The fourth-order valence-electron chi connectivity index (χ4n) is 0.204. The number of hydrogen-bond donors (Lipinski definition) is 1. The smallest absolute Gasteiger partial charge is 0.299 e. The first kappa shape index (κ1) is 8.57. The fourth-order valence-corrected chi connectivity index (χ4v) is 0.520. The molecule has 0 aromatic carbocycles. The molecular weight excluding hydrogens is 148 g/mol. The van der Waals surface area contributed by atoms with E-state index in [4.69, 9.17) is 10.2 Å². The Morgan fingerprint density at radius 3 is 2.78 bits per heavy atom. The second kappa shape index (κ2) is 3.57. The standard InChI is InChI=1S/C3H5FNO3P/c4-9(6,7)8-3-1-2-5/h1,3H2,(H,6,7). The van der Waals surface area contributed by atoms with Crippen molar-refractivity contribution in [1.29, 1.82) is 5.26 Å². The van der Waals surface area contributed by atoms with E-state index in [0.717, 1.165) is 0 Å².